The summed E-state index contributed by atoms with van der Waals surface area (Å²) in [7, 11) is 0. The molecule has 1 aromatic carbocycles. The van der Waals surface area contributed by atoms with Gasteiger partial charge in [0, 0.05) is 32.1 Å². The van der Waals surface area contributed by atoms with Crippen LogP contribution in [0.1, 0.15) is 12.8 Å². The van der Waals surface area contributed by atoms with E-state index in [-0.39, 0.29) is 17.5 Å². The van der Waals surface area contributed by atoms with Crippen LogP contribution in [0, 0.1) is 17.6 Å². The lowest BCUT2D eigenvalue weighted by molar-refractivity contribution is -0.132. The van der Waals surface area contributed by atoms with Gasteiger partial charge in [-0.15, -0.1) is 0 Å². The van der Waals surface area contributed by atoms with Gasteiger partial charge >= 0.3 is 0 Å². The van der Waals surface area contributed by atoms with Gasteiger partial charge in [-0.3, -0.25) is 4.79 Å². The molecule has 102 valence electrons. The summed E-state index contributed by atoms with van der Waals surface area (Å²) in [6, 6.07) is 3.89. The second kappa shape index (κ2) is 4.79. The highest BCUT2D eigenvalue weighted by molar-refractivity contribution is 5.81. The van der Waals surface area contributed by atoms with Crippen molar-refractivity contribution in [3.05, 3.63) is 29.8 Å². The van der Waals surface area contributed by atoms with Crippen molar-refractivity contribution in [2.75, 3.05) is 31.1 Å². The summed E-state index contributed by atoms with van der Waals surface area (Å²) in [6.07, 6.45) is 1.97. The van der Waals surface area contributed by atoms with Gasteiger partial charge in [-0.2, -0.15) is 0 Å². The lowest BCUT2D eigenvalue weighted by Gasteiger charge is -2.36. The number of carbonyl (C=O) groups excluding carboxylic acids is 1. The largest absolute Gasteiger partial charge is 0.363 e. The third kappa shape index (κ3) is 2.41. The van der Waals surface area contributed by atoms with Gasteiger partial charge in [-0.1, -0.05) is 6.07 Å². The summed E-state index contributed by atoms with van der Waals surface area (Å²) in [5.74, 6) is -0.672. The standard InChI is InChI=1S/C14H16F2N2O/c15-11-2-1-3-12(16)13(11)17-6-8-18(9-7-17)14(19)10-4-5-10/h1-3,10H,4-9H2. The number of hydrogen-bond donors (Lipinski definition) is 0. The minimum atomic E-state index is -0.540. The molecule has 3 rings (SSSR count). The third-order valence-electron chi connectivity index (χ3n) is 3.77. The molecule has 1 aliphatic heterocycles. The highest BCUT2D eigenvalue weighted by Crippen LogP contribution is 2.32. The van der Waals surface area contributed by atoms with Crippen molar-refractivity contribution in [3.63, 3.8) is 0 Å². The minimum absolute atomic E-state index is 0.0287. The predicted molar refractivity (Wildman–Crippen MR) is 67.9 cm³/mol. The molecule has 2 fully saturated rings. The molecule has 0 radical (unpaired) electrons. The summed E-state index contributed by atoms with van der Waals surface area (Å²) in [5, 5.41) is 0. The highest BCUT2D eigenvalue weighted by atomic mass is 19.1. The Kier molecular flexibility index (Phi) is 3.12. The average molecular weight is 266 g/mol. The van der Waals surface area contributed by atoms with Crippen molar-refractivity contribution in [3.8, 4) is 0 Å². The van der Waals surface area contributed by atoms with Crippen LogP contribution in [0.5, 0.6) is 0 Å². The van der Waals surface area contributed by atoms with Crippen LogP contribution in [-0.4, -0.2) is 37.0 Å². The molecular formula is C14H16F2N2O. The van der Waals surface area contributed by atoms with Crippen molar-refractivity contribution in [1.29, 1.82) is 0 Å². The fourth-order valence-corrected chi connectivity index (χ4v) is 2.53. The van der Waals surface area contributed by atoms with E-state index in [9.17, 15) is 13.6 Å². The summed E-state index contributed by atoms with van der Waals surface area (Å²) < 4.78 is 27.3. The van der Waals surface area contributed by atoms with E-state index in [0.717, 1.165) is 12.8 Å². The molecule has 1 aliphatic carbocycles. The number of benzene rings is 1. The van der Waals surface area contributed by atoms with Gasteiger partial charge in [0.1, 0.15) is 17.3 Å². The van der Waals surface area contributed by atoms with E-state index >= 15 is 0 Å². The Balaban J connectivity index is 1.68. The van der Waals surface area contributed by atoms with Crippen LogP contribution in [0.25, 0.3) is 0 Å². The lowest BCUT2D eigenvalue weighted by atomic mass is 10.2. The number of para-hydroxylation sites is 1. The first kappa shape index (κ1) is 12.4. The Morgan fingerprint density at radius 3 is 2.16 bits per heavy atom. The van der Waals surface area contributed by atoms with E-state index in [1.807, 2.05) is 4.90 Å². The van der Waals surface area contributed by atoms with Gasteiger partial charge in [-0.05, 0) is 25.0 Å². The van der Waals surface area contributed by atoms with Crippen LogP contribution in [-0.2, 0) is 4.79 Å². The maximum Gasteiger partial charge on any atom is 0.225 e. The van der Waals surface area contributed by atoms with Crippen LogP contribution in [0.4, 0.5) is 14.5 Å². The van der Waals surface area contributed by atoms with E-state index in [0.29, 0.717) is 26.2 Å². The third-order valence-corrected chi connectivity index (χ3v) is 3.77. The number of halogens is 2. The van der Waals surface area contributed by atoms with Crippen molar-refractivity contribution in [2.24, 2.45) is 5.92 Å². The van der Waals surface area contributed by atoms with Gasteiger partial charge in [0.25, 0.3) is 0 Å². The fraction of sp³-hybridized carbons (Fsp3) is 0.500. The number of anilines is 1. The highest BCUT2D eigenvalue weighted by Gasteiger charge is 2.35. The van der Waals surface area contributed by atoms with Crippen molar-refractivity contribution in [1.82, 2.24) is 4.90 Å². The zero-order valence-electron chi connectivity index (χ0n) is 10.6. The Morgan fingerprint density at radius 2 is 1.63 bits per heavy atom. The molecule has 0 N–H and O–H groups in total. The number of hydrogen-bond acceptors (Lipinski definition) is 2. The van der Waals surface area contributed by atoms with Crippen LogP contribution in [0.15, 0.2) is 18.2 Å². The molecule has 1 amide bonds. The average Bonchev–Trinajstić information content (AvgIpc) is 3.23. The molecule has 0 bridgehead atoms. The second-order valence-electron chi connectivity index (χ2n) is 5.16. The van der Waals surface area contributed by atoms with Crippen LogP contribution >= 0.6 is 0 Å². The molecule has 0 atom stereocenters. The van der Waals surface area contributed by atoms with E-state index in [1.165, 1.54) is 18.2 Å². The quantitative estimate of drug-likeness (QED) is 0.817. The monoisotopic (exact) mass is 266 g/mol. The SMILES string of the molecule is O=C(C1CC1)N1CCN(c2c(F)cccc2F)CC1. The molecule has 1 saturated heterocycles. The summed E-state index contributed by atoms with van der Waals surface area (Å²) >= 11 is 0. The molecule has 1 saturated carbocycles. The first-order chi connectivity index (χ1) is 9.16. The molecular weight excluding hydrogens is 250 g/mol. The number of piperazine rings is 1. The van der Waals surface area contributed by atoms with Gasteiger partial charge in [-0.25, -0.2) is 8.78 Å². The van der Waals surface area contributed by atoms with E-state index in [4.69, 9.17) is 0 Å². The number of amides is 1. The van der Waals surface area contributed by atoms with Crippen molar-refractivity contribution in [2.45, 2.75) is 12.8 Å². The molecule has 1 aromatic rings. The number of rotatable bonds is 2. The normalized spacial score (nSPS) is 19.7. The Labute approximate surface area is 110 Å². The summed E-state index contributed by atoms with van der Waals surface area (Å²) in [4.78, 5) is 15.4. The smallest absolute Gasteiger partial charge is 0.225 e. The Bertz CT molecular complexity index is 474. The van der Waals surface area contributed by atoms with E-state index in [1.54, 1.807) is 4.90 Å². The predicted octanol–water partition coefficient (Wildman–Crippen LogP) is 2.02. The van der Waals surface area contributed by atoms with Gasteiger partial charge in [0.15, 0.2) is 0 Å². The first-order valence-electron chi connectivity index (χ1n) is 6.64. The molecule has 0 aromatic heterocycles. The molecule has 0 unspecified atom stereocenters. The topological polar surface area (TPSA) is 23.6 Å². The Hall–Kier alpha value is -1.65. The lowest BCUT2D eigenvalue weighted by Crippen LogP contribution is -2.49. The van der Waals surface area contributed by atoms with Gasteiger partial charge < -0.3 is 9.80 Å². The van der Waals surface area contributed by atoms with Crippen LogP contribution in [0.2, 0.25) is 0 Å². The fourth-order valence-electron chi connectivity index (χ4n) is 2.53. The van der Waals surface area contributed by atoms with E-state index < -0.39 is 11.6 Å². The Morgan fingerprint density at radius 1 is 1.05 bits per heavy atom. The molecule has 19 heavy (non-hydrogen) atoms. The van der Waals surface area contributed by atoms with Crippen molar-refractivity contribution < 1.29 is 13.6 Å². The summed E-state index contributed by atoms with van der Waals surface area (Å²) in [6.45, 7) is 2.05. The number of carbonyl (C=O) groups is 1. The zero-order valence-corrected chi connectivity index (χ0v) is 10.6. The zero-order chi connectivity index (χ0) is 13.4. The molecule has 1 heterocycles. The van der Waals surface area contributed by atoms with Crippen LogP contribution in [0.3, 0.4) is 0 Å². The van der Waals surface area contributed by atoms with Gasteiger partial charge in [0.2, 0.25) is 5.91 Å². The second-order valence-corrected chi connectivity index (χ2v) is 5.16. The molecule has 3 nitrogen and oxygen atoms in total. The maximum atomic E-state index is 13.7. The number of nitrogens with zero attached hydrogens (tertiary/aromatic N) is 2. The summed E-state index contributed by atoms with van der Waals surface area (Å²) in [5.41, 5.74) is 0.0287. The molecule has 5 heteroatoms. The first-order valence-corrected chi connectivity index (χ1v) is 6.64. The van der Waals surface area contributed by atoms with Crippen molar-refractivity contribution >= 4 is 11.6 Å². The van der Waals surface area contributed by atoms with Crippen LogP contribution < -0.4 is 4.90 Å². The minimum Gasteiger partial charge on any atom is -0.363 e. The molecule has 2 aliphatic rings. The molecule has 0 spiro atoms. The van der Waals surface area contributed by atoms with Gasteiger partial charge in [0.05, 0.1) is 0 Å². The van der Waals surface area contributed by atoms with E-state index in [2.05, 4.69) is 0 Å². The maximum absolute atomic E-state index is 13.7.